The van der Waals surface area contributed by atoms with Crippen LogP contribution < -0.4 is 15.5 Å². The molecule has 5 rings (SSSR count). The van der Waals surface area contributed by atoms with Crippen molar-refractivity contribution in [1.29, 1.82) is 0 Å². The summed E-state index contributed by atoms with van der Waals surface area (Å²) in [6.07, 6.45) is 6.24. The van der Waals surface area contributed by atoms with Crippen molar-refractivity contribution in [3.8, 4) is 16.2 Å². The van der Waals surface area contributed by atoms with E-state index in [0.29, 0.717) is 23.2 Å². The molecule has 0 radical (unpaired) electrons. The van der Waals surface area contributed by atoms with Crippen LogP contribution in [-0.4, -0.2) is 42.5 Å². The highest BCUT2D eigenvalue weighted by molar-refractivity contribution is 7.15. The minimum absolute atomic E-state index is 0.0537. The molecule has 3 aromatic rings. The second kappa shape index (κ2) is 10.7. The van der Waals surface area contributed by atoms with Crippen LogP contribution in [0.2, 0.25) is 0 Å². The average Bonchev–Trinajstić information content (AvgIpc) is 3.63. The predicted octanol–water partition coefficient (Wildman–Crippen LogP) is 6.19. The summed E-state index contributed by atoms with van der Waals surface area (Å²) in [6.45, 7) is 8.02. The minimum atomic E-state index is -0.598. The van der Waals surface area contributed by atoms with Crippen LogP contribution in [0.25, 0.3) is 21.3 Å². The number of nitrogens with zero attached hydrogens (tertiary/aromatic N) is 1. The number of thiophene rings is 1. The van der Waals surface area contributed by atoms with Gasteiger partial charge in [-0.05, 0) is 83.6 Å². The Balaban J connectivity index is 1.53. The number of hydrogen-bond donors (Lipinski definition) is 1. The first-order valence-electron chi connectivity index (χ1n) is 13.6. The van der Waals surface area contributed by atoms with Crippen molar-refractivity contribution >= 4 is 34.3 Å². The van der Waals surface area contributed by atoms with Gasteiger partial charge in [-0.1, -0.05) is 0 Å². The number of ether oxygens (including phenoxy) is 3. The van der Waals surface area contributed by atoms with E-state index in [4.69, 9.17) is 14.2 Å². The molecule has 2 aromatic heterocycles. The van der Waals surface area contributed by atoms with Gasteiger partial charge in [-0.2, -0.15) is 0 Å². The van der Waals surface area contributed by atoms with E-state index in [1.807, 2.05) is 31.4 Å². The van der Waals surface area contributed by atoms with E-state index in [-0.39, 0.29) is 29.6 Å². The number of aromatic nitrogens is 1. The van der Waals surface area contributed by atoms with Crippen LogP contribution in [-0.2, 0) is 15.9 Å². The van der Waals surface area contributed by atoms with Gasteiger partial charge in [-0.25, -0.2) is 9.59 Å². The van der Waals surface area contributed by atoms with Crippen LogP contribution in [0.1, 0.15) is 86.1 Å². The average molecular weight is 553 g/mol. The molecule has 2 aliphatic carbocycles. The van der Waals surface area contributed by atoms with Crippen molar-refractivity contribution < 1.29 is 23.8 Å². The number of hydrogen-bond acceptors (Lipinski definition) is 7. The number of esters is 1. The van der Waals surface area contributed by atoms with Gasteiger partial charge in [0.15, 0.2) is 5.75 Å². The van der Waals surface area contributed by atoms with Gasteiger partial charge in [0.2, 0.25) is 5.43 Å². The van der Waals surface area contributed by atoms with Gasteiger partial charge in [-0.15, -0.1) is 11.3 Å². The highest BCUT2D eigenvalue weighted by Crippen LogP contribution is 2.46. The Labute approximate surface area is 232 Å². The van der Waals surface area contributed by atoms with Crippen molar-refractivity contribution in [2.75, 3.05) is 20.3 Å². The SMILES string of the molecule is CCOC(=O)c1cn(C2CC2)c2c(OC)c(-c3cc4c(s3)CCCC4CNC(=O)OC(C)(C)C)ccc2c1=O. The molecule has 1 unspecified atom stereocenters. The fraction of sp³-hybridized carbons (Fsp3) is 0.500. The molecule has 1 fully saturated rings. The maximum atomic E-state index is 13.4. The third kappa shape index (κ3) is 5.55. The van der Waals surface area contributed by atoms with E-state index in [1.165, 1.54) is 10.4 Å². The molecule has 0 bridgehead atoms. The summed E-state index contributed by atoms with van der Waals surface area (Å²) in [6, 6.07) is 6.14. The Morgan fingerprint density at radius 3 is 2.62 bits per heavy atom. The summed E-state index contributed by atoms with van der Waals surface area (Å²) in [5.41, 5.74) is 2.05. The predicted molar refractivity (Wildman–Crippen MR) is 152 cm³/mol. The van der Waals surface area contributed by atoms with Gasteiger partial charge >= 0.3 is 12.1 Å². The van der Waals surface area contributed by atoms with E-state index < -0.39 is 17.7 Å². The van der Waals surface area contributed by atoms with E-state index in [0.717, 1.165) is 42.5 Å². The van der Waals surface area contributed by atoms with Gasteiger partial charge in [0, 0.05) is 40.0 Å². The van der Waals surface area contributed by atoms with Crippen LogP contribution in [0.4, 0.5) is 4.79 Å². The lowest BCUT2D eigenvalue weighted by Crippen LogP contribution is -2.35. The molecule has 0 saturated heterocycles. The molecule has 1 aromatic carbocycles. The molecule has 208 valence electrons. The highest BCUT2D eigenvalue weighted by atomic mass is 32.1. The second-order valence-corrected chi connectivity index (χ2v) is 12.4. The zero-order chi connectivity index (χ0) is 27.9. The first kappa shape index (κ1) is 27.2. The number of fused-ring (bicyclic) bond motifs is 2. The topological polar surface area (TPSA) is 95.9 Å². The quantitative estimate of drug-likeness (QED) is 0.351. The third-order valence-corrected chi connectivity index (χ3v) is 8.43. The molecular formula is C30H36N2O6S. The van der Waals surface area contributed by atoms with Gasteiger partial charge in [-0.3, -0.25) is 4.79 Å². The van der Waals surface area contributed by atoms with E-state index in [1.54, 1.807) is 37.6 Å². The number of benzene rings is 1. The smallest absolute Gasteiger partial charge is 0.407 e. The van der Waals surface area contributed by atoms with Crippen molar-refractivity contribution in [2.24, 2.45) is 0 Å². The van der Waals surface area contributed by atoms with Crippen molar-refractivity contribution in [3.63, 3.8) is 0 Å². The Kier molecular flexibility index (Phi) is 7.46. The van der Waals surface area contributed by atoms with Crippen molar-refractivity contribution in [1.82, 2.24) is 9.88 Å². The Morgan fingerprint density at radius 2 is 1.95 bits per heavy atom. The third-order valence-electron chi connectivity index (χ3n) is 7.18. The van der Waals surface area contributed by atoms with E-state index in [2.05, 4.69) is 11.4 Å². The Morgan fingerprint density at radius 1 is 1.18 bits per heavy atom. The van der Waals surface area contributed by atoms with Gasteiger partial charge in [0.1, 0.15) is 11.2 Å². The lowest BCUT2D eigenvalue weighted by molar-refractivity contribution is 0.0513. The van der Waals surface area contributed by atoms with Gasteiger partial charge in [0.25, 0.3) is 0 Å². The number of methoxy groups -OCH3 is 1. The van der Waals surface area contributed by atoms with Crippen LogP contribution in [0.15, 0.2) is 29.2 Å². The molecular weight excluding hydrogens is 516 g/mol. The fourth-order valence-electron chi connectivity index (χ4n) is 5.33. The summed E-state index contributed by atoms with van der Waals surface area (Å²) < 4.78 is 18.6. The number of rotatable bonds is 7. The molecule has 1 atom stereocenters. The molecule has 2 aliphatic rings. The molecule has 1 amide bonds. The summed E-state index contributed by atoms with van der Waals surface area (Å²) >= 11 is 1.74. The van der Waals surface area contributed by atoms with Crippen molar-refractivity contribution in [2.45, 2.75) is 77.4 Å². The van der Waals surface area contributed by atoms with Crippen LogP contribution >= 0.6 is 11.3 Å². The van der Waals surface area contributed by atoms with Crippen molar-refractivity contribution in [3.05, 3.63) is 50.6 Å². The standard InChI is InChI=1S/C30H36N2O6S/c1-6-37-28(34)22-16-32(18-10-11-18)25-20(26(22)33)13-12-19(27(25)36-5)24-14-21-17(8-7-9-23(21)39-24)15-31-29(35)38-30(2,3)4/h12-14,16-18H,6-11,15H2,1-5H3,(H,31,35). The first-order valence-corrected chi connectivity index (χ1v) is 14.5. The van der Waals surface area contributed by atoms with Gasteiger partial charge in [0.05, 0.1) is 24.6 Å². The lowest BCUT2D eigenvalue weighted by Gasteiger charge is -2.24. The zero-order valence-corrected chi connectivity index (χ0v) is 24.0. The minimum Gasteiger partial charge on any atom is -0.494 e. The number of amides is 1. The van der Waals surface area contributed by atoms with Gasteiger partial charge < -0.3 is 24.1 Å². The fourth-order valence-corrected chi connectivity index (χ4v) is 6.64. The molecule has 0 spiro atoms. The summed E-state index contributed by atoms with van der Waals surface area (Å²) in [5, 5.41) is 3.40. The van der Waals surface area contributed by atoms with Crippen LogP contribution in [0.5, 0.6) is 5.75 Å². The second-order valence-electron chi connectivity index (χ2n) is 11.2. The number of carbonyl (C=O) groups is 2. The number of aryl methyl sites for hydroxylation is 1. The van der Waals surface area contributed by atoms with Crippen LogP contribution in [0, 0.1) is 0 Å². The number of nitrogens with one attached hydrogen (secondary N) is 1. The summed E-state index contributed by atoms with van der Waals surface area (Å²) in [5.74, 6) is 0.238. The summed E-state index contributed by atoms with van der Waals surface area (Å²) in [4.78, 5) is 40.6. The largest absolute Gasteiger partial charge is 0.494 e. The monoisotopic (exact) mass is 552 g/mol. The molecule has 2 heterocycles. The number of alkyl carbamates (subject to hydrolysis) is 1. The van der Waals surface area contributed by atoms with E-state index in [9.17, 15) is 14.4 Å². The highest BCUT2D eigenvalue weighted by Gasteiger charge is 2.31. The maximum Gasteiger partial charge on any atom is 0.407 e. The van der Waals surface area contributed by atoms with Crippen LogP contribution in [0.3, 0.4) is 0 Å². The first-order chi connectivity index (χ1) is 18.6. The maximum absolute atomic E-state index is 13.4. The number of pyridine rings is 1. The molecule has 8 nitrogen and oxygen atoms in total. The normalized spacial score (nSPS) is 17.0. The molecule has 39 heavy (non-hydrogen) atoms. The summed E-state index contributed by atoms with van der Waals surface area (Å²) in [7, 11) is 1.63. The number of carbonyl (C=O) groups excluding carboxylic acids is 2. The Hall–Kier alpha value is -3.33. The lowest BCUT2D eigenvalue weighted by atomic mass is 9.87. The Bertz CT molecular complexity index is 1480. The van der Waals surface area contributed by atoms with E-state index >= 15 is 0 Å². The molecule has 0 aliphatic heterocycles. The molecule has 9 heteroatoms. The molecule has 1 saturated carbocycles. The zero-order valence-electron chi connectivity index (χ0n) is 23.2. The molecule has 1 N–H and O–H groups in total.